The summed E-state index contributed by atoms with van der Waals surface area (Å²) in [5, 5.41) is 3.39. The van der Waals surface area contributed by atoms with Crippen LogP contribution in [0.2, 0.25) is 5.02 Å². The summed E-state index contributed by atoms with van der Waals surface area (Å²) < 4.78 is 11.0. The van der Waals surface area contributed by atoms with Crippen molar-refractivity contribution in [2.45, 2.75) is 33.2 Å². The summed E-state index contributed by atoms with van der Waals surface area (Å²) in [4.78, 5) is 12.0. The molecular formula is C16H24Cl2N2O3. The highest BCUT2D eigenvalue weighted by Crippen LogP contribution is 2.38. The van der Waals surface area contributed by atoms with Crippen LogP contribution in [0.25, 0.3) is 0 Å². The smallest absolute Gasteiger partial charge is 0.237 e. The number of benzene rings is 1. The van der Waals surface area contributed by atoms with Crippen LogP contribution >= 0.6 is 24.0 Å². The molecule has 2 rings (SSSR count). The minimum absolute atomic E-state index is 0. The van der Waals surface area contributed by atoms with Crippen LogP contribution in [-0.2, 0) is 11.2 Å². The maximum atomic E-state index is 12.0. The van der Waals surface area contributed by atoms with Gasteiger partial charge in [0.05, 0.1) is 11.1 Å². The van der Waals surface area contributed by atoms with Gasteiger partial charge in [0.2, 0.25) is 5.91 Å². The topological polar surface area (TPSA) is 73.6 Å². The zero-order chi connectivity index (χ0) is 16.3. The predicted molar refractivity (Wildman–Crippen MR) is 93.8 cm³/mol. The quantitative estimate of drug-likeness (QED) is 0.862. The Labute approximate surface area is 148 Å². The van der Waals surface area contributed by atoms with Crippen LogP contribution in [0.4, 0.5) is 0 Å². The van der Waals surface area contributed by atoms with Crippen molar-refractivity contribution in [1.29, 1.82) is 0 Å². The molecule has 1 aliphatic heterocycles. The standard InChI is InChI=1S/C16H23ClN2O3.ClH/c1-16(2,3)14(18)15(20)19-5-4-10-8-11(17)13-12(9-10)21-6-7-22-13;/h8-9,14H,4-7,18H2,1-3H3,(H,19,20);1H/t14-;/m1./s1. The lowest BCUT2D eigenvalue weighted by molar-refractivity contribution is -0.124. The Morgan fingerprint density at radius 2 is 2.00 bits per heavy atom. The Kier molecular flexibility index (Phi) is 6.99. The number of fused-ring (bicyclic) bond motifs is 1. The zero-order valence-corrected chi connectivity index (χ0v) is 15.2. The van der Waals surface area contributed by atoms with Crippen LogP contribution in [0.15, 0.2) is 12.1 Å². The van der Waals surface area contributed by atoms with Gasteiger partial charge in [-0.15, -0.1) is 12.4 Å². The number of halogens is 2. The van der Waals surface area contributed by atoms with E-state index in [9.17, 15) is 4.79 Å². The molecular weight excluding hydrogens is 339 g/mol. The molecule has 0 bridgehead atoms. The molecule has 23 heavy (non-hydrogen) atoms. The second-order valence-corrected chi connectivity index (χ2v) is 6.89. The monoisotopic (exact) mass is 362 g/mol. The number of rotatable bonds is 4. The van der Waals surface area contributed by atoms with Gasteiger partial charge in [0, 0.05) is 6.54 Å². The summed E-state index contributed by atoms with van der Waals surface area (Å²) >= 11 is 6.19. The van der Waals surface area contributed by atoms with Gasteiger partial charge in [0.1, 0.15) is 13.2 Å². The molecule has 0 saturated carbocycles. The molecule has 3 N–H and O–H groups in total. The Morgan fingerprint density at radius 3 is 2.65 bits per heavy atom. The number of carbonyl (C=O) groups excluding carboxylic acids is 1. The maximum Gasteiger partial charge on any atom is 0.237 e. The number of amides is 1. The first kappa shape index (κ1) is 19.9. The third-order valence-electron chi connectivity index (χ3n) is 3.59. The van der Waals surface area contributed by atoms with E-state index in [1.54, 1.807) is 0 Å². The molecule has 0 radical (unpaired) electrons. The van der Waals surface area contributed by atoms with E-state index in [4.69, 9.17) is 26.8 Å². The van der Waals surface area contributed by atoms with Gasteiger partial charge < -0.3 is 20.5 Å². The third kappa shape index (κ3) is 5.16. The Hall–Kier alpha value is -1.17. The predicted octanol–water partition coefficient (Wildman–Crippen LogP) is 2.57. The van der Waals surface area contributed by atoms with E-state index in [0.717, 1.165) is 5.56 Å². The first-order valence-corrected chi connectivity index (χ1v) is 7.78. The number of hydrogen-bond acceptors (Lipinski definition) is 4. The molecule has 0 aromatic heterocycles. The third-order valence-corrected chi connectivity index (χ3v) is 3.87. The van der Waals surface area contributed by atoms with Crippen LogP contribution in [-0.4, -0.2) is 31.7 Å². The first-order valence-electron chi connectivity index (χ1n) is 7.40. The van der Waals surface area contributed by atoms with Crippen molar-refractivity contribution in [3.05, 3.63) is 22.7 Å². The van der Waals surface area contributed by atoms with Crippen LogP contribution in [0.1, 0.15) is 26.3 Å². The fourth-order valence-corrected chi connectivity index (χ4v) is 2.43. The van der Waals surface area contributed by atoms with Gasteiger partial charge in [-0.2, -0.15) is 0 Å². The Bertz CT molecular complexity index is 559. The van der Waals surface area contributed by atoms with Crippen molar-refractivity contribution in [3.8, 4) is 11.5 Å². The molecule has 0 spiro atoms. The van der Waals surface area contributed by atoms with Crippen LogP contribution in [0.5, 0.6) is 11.5 Å². The minimum atomic E-state index is -0.531. The fraction of sp³-hybridized carbons (Fsp3) is 0.562. The van der Waals surface area contributed by atoms with Crippen molar-refractivity contribution < 1.29 is 14.3 Å². The lowest BCUT2D eigenvalue weighted by Crippen LogP contribution is -2.48. The summed E-state index contributed by atoms with van der Waals surface area (Å²) in [6, 6.07) is 3.21. The molecule has 5 nitrogen and oxygen atoms in total. The van der Waals surface area contributed by atoms with Crippen molar-refractivity contribution in [3.63, 3.8) is 0 Å². The zero-order valence-electron chi connectivity index (χ0n) is 13.6. The molecule has 1 amide bonds. The number of ether oxygens (including phenoxy) is 2. The lowest BCUT2D eigenvalue weighted by atomic mass is 9.87. The van der Waals surface area contributed by atoms with Crippen molar-refractivity contribution >= 4 is 29.9 Å². The fourth-order valence-electron chi connectivity index (χ4n) is 2.14. The molecule has 1 atom stereocenters. The molecule has 0 saturated heterocycles. The highest BCUT2D eigenvalue weighted by molar-refractivity contribution is 6.32. The normalized spacial score (nSPS) is 14.7. The number of carbonyl (C=O) groups is 1. The van der Waals surface area contributed by atoms with Crippen molar-refractivity contribution in [1.82, 2.24) is 5.32 Å². The van der Waals surface area contributed by atoms with Gasteiger partial charge in [-0.05, 0) is 29.5 Å². The average Bonchev–Trinajstić information content (AvgIpc) is 2.45. The summed E-state index contributed by atoms with van der Waals surface area (Å²) in [6.07, 6.45) is 0.652. The minimum Gasteiger partial charge on any atom is -0.486 e. The van der Waals surface area contributed by atoms with E-state index in [1.807, 2.05) is 32.9 Å². The molecule has 7 heteroatoms. The van der Waals surface area contributed by atoms with Gasteiger partial charge in [-0.3, -0.25) is 4.79 Å². The molecule has 0 fully saturated rings. The van der Waals surface area contributed by atoms with Gasteiger partial charge in [0.15, 0.2) is 11.5 Å². The van der Waals surface area contributed by atoms with Gasteiger partial charge in [0.25, 0.3) is 0 Å². The summed E-state index contributed by atoms with van der Waals surface area (Å²) in [7, 11) is 0. The van der Waals surface area contributed by atoms with Gasteiger partial charge >= 0.3 is 0 Å². The average molecular weight is 363 g/mol. The number of nitrogens with one attached hydrogen (secondary N) is 1. The van der Waals surface area contributed by atoms with E-state index in [0.29, 0.717) is 42.7 Å². The molecule has 1 heterocycles. The Balaban J connectivity index is 0.00000264. The van der Waals surface area contributed by atoms with Crippen molar-refractivity contribution in [2.75, 3.05) is 19.8 Å². The van der Waals surface area contributed by atoms with Crippen LogP contribution in [0.3, 0.4) is 0 Å². The van der Waals surface area contributed by atoms with E-state index in [1.165, 1.54) is 0 Å². The van der Waals surface area contributed by atoms with Crippen LogP contribution in [0, 0.1) is 5.41 Å². The SMILES string of the molecule is CC(C)(C)[C@H](N)C(=O)NCCc1cc(Cl)c2c(c1)OCCO2.Cl. The molecule has 0 aliphatic carbocycles. The molecule has 130 valence electrons. The van der Waals surface area contributed by atoms with Gasteiger partial charge in [-0.25, -0.2) is 0 Å². The maximum absolute atomic E-state index is 12.0. The second-order valence-electron chi connectivity index (χ2n) is 6.49. The van der Waals surface area contributed by atoms with E-state index in [2.05, 4.69) is 5.32 Å². The molecule has 1 aliphatic rings. The first-order chi connectivity index (χ1) is 10.3. The number of hydrogen-bond donors (Lipinski definition) is 2. The van der Waals surface area contributed by atoms with Crippen molar-refractivity contribution in [2.24, 2.45) is 11.1 Å². The Morgan fingerprint density at radius 1 is 1.35 bits per heavy atom. The summed E-state index contributed by atoms with van der Waals surface area (Å²) in [5.74, 6) is 1.11. The highest BCUT2D eigenvalue weighted by Gasteiger charge is 2.27. The summed E-state index contributed by atoms with van der Waals surface area (Å²) in [5.41, 5.74) is 6.64. The lowest BCUT2D eigenvalue weighted by Gasteiger charge is -2.25. The summed E-state index contributed by atoms with van der Waals surface area (Å²) in [6.45, 7) is 7.35. The highest BCUT2D eigenvalue weighted by atomic mass is 35.5. The van der Waals surface area contributed by atoms with E-state index < -0.39 is 6.04 Å². The molecule has 0 unspecified atom stereocenters. The molecule has 1 aromatic carbocycles. The molecule has 1 aromatic rings. The largest absolute Gasteiger partial charge is 0.486 e. The van der Waals surface area contributed by atoms with Gasteiger partial charge in [-0.1, -0.05) is 32.4 Å². The number of nitrogens with two attached hydrogens (primary N) is 1. The van der Waals surface area contributed by atoms with E-state index >= 15 is 0 Å². The second kappa shape index (κ2) is 8.08. The van der Waals surface area contributed by atoms with Crippen LogP contribution < -0.4 is 20.5 Å². The van der Waals surface area contributed by atoms with E-state index in [-0.39, 0.29) is 23.7 Å².